The molecule has 0 saturated carbocycles. The van der Waals surface area contributed by atoms with Crippen LogP contribution in [0.4, 0.5) is 8.78 Å². The van der Waals surface area contributed by atoms with E-state index in [0.29, 0.717) is 12.2 Å². The monoisotopic (exact) mass is 376 g/mol. The lowest BCUT2D eigenvalue weighted by Gasteiger charge is -2.04. The molecule has 0 spiro atoms. The van der Waals surface area contributed by atoms with Gasteiger partial charge in [0.2, 0.25) is 0 Å². The maximum Gasteiger partial charge on any atom is 0.586 e. The highest BCUT2D eigenvalue weighted by atomic mass is 35.5. The molecule has 0 aliphatic carbocycles. The van der Waals surface area contributed by atoms with Gasteiger partial charge in [-0.2, -0.15) is 0 Å². The van der Waals surface area contributed by atoms with Crippen LogP contribution in [0.5, 0.6) is 11.5 Å². The van der Waals surface area contributed by atoms with Crippen LogP contribution < -0.4 is 9.47 Å². The Hall–Kier alpha value is -2.32. The van der Waals surface area contributed by atoms with Crippen molar-refractivity contribution in [3.05, 3.63) is 55.1 Å². The van der Waals surface area contributed by atoms with Crippen molar-refractivity contribution >= 4 is 24.8 Å². The molecule has 24 heavy (non-hydrogen) atoms. The Bertz CT molecular complexity index is 824. The predicted octanol–water partition coefficient (Wildman–Crippen LogP) is 3.28. The molecule has 3 aromatic rings. The first-order valence-corrected chi connectivity index (χ1v) is 6.48. The van der Waals surface area contributed by atoms with Crippen LogP contribution in [-0.4, -0.2) is 25.4 Å². The lowest BCUT2D eigenvalue weighted by atomic mass is 10.3. The largest absolute Gasteiger partial charge is 0.586 e. The minimum atomic E-state index is -3.61. The first-order chi connectivity index (χ1) is 10.6. The molecular weight excluding hydrogens is 365 g/mol. The Labute approximate surface area is 147 Å². The molecule has 1 aliphatic heterocycles. The number of aromatic nitrogens is 4. The Morgan fingerprint density at radius 1 is 1.08 bits per heavy atom. The molecule has 1 aliphatic rings. The standard InChI is InChI=1S/C14H10F2N4O2.2ClH/c15-14(16)21-12-2-1-11(5-13(12)22-14)20-7-10(18-9-20)6-19-4-3-17-8-19;;/h1-5,7-9H,6H2;2*1H. The van der Waals surface area contributed by atoms with Crippen LogP contribution in [0.15, 0.2) is 49.4 Å². The number of ether oxygens (including phenoxy) is 2. The summed E-state index contributed by atoms with van der Waals surface area (Å²) >= 11 is 0. The number of halogens is 4. The van der Waals surface area contributed by atoms with Gasteiger partial charge in [-0.15, -0.1) is 33.6 Å². The molecule has 0 bridgehead atoms. The molecule has 0 saturated heterocycles. The van der Waals surface area contributed by atoms with Crippen molar-refractivity contribution in [3.63, 3.8) is 0 Å². The van der Waals surface area contributed by atoms with E-state index in [1.165, 1.54) is 12.1 Å². The molecule has 6 nitrogen and oxygen atoms in total. The maximum absolute atomic E-state index is 13.0. The summed E-state index contributed by atoms with van der Waals surface area (Å²) in [5.41, 5.74) is 1.48. The van der Waals surface area contributed by atoms with Gasteiger partial charge in [-0.05, 0) is 12.1 Å². The van der Waals surface area contributed by atoms with E-state index in [9.17, 15) is 8.78 Å². The summed E-state index contributed by atoms with van der Waals surface area (Å²) < 4.78 is 38.5. The van der Waals surface area contributed by atoms with Gasteiger partial charge in [0.1, 0.15) is 0 Å². The van der Waals surface area contributed by atoms with E-state index in [2.05, 4.69) is 19.4 Å². The van der Waals surface area contributed by atoms with Gasteiger partial charge >= 0.3 is 6.29 Å². The van der Waals surface area contributed by atoms with Gasteiger partial charge in [0, 0.05) is 24.7 Å². The lowest BCUT2D eigenvalue weighted by molar-refractivity contribution is -0.286. The Balaban J connectivity index is 0.00000104. The van der Waals surface area contributed by atoms with Crippen molar-refractivity contribution in [3.8, 4) is 17.2 Å². The number of fused-ring (bicyclic) bond motifs is 1. The van der Waals surface area contributed by atoms with Crippen LogP contribution in [0.25, 0.3) is 5.69 Å². The molecule has 0 atom stereocenters. The molecule has 2 aromatic heterocycles. The number of nitrogens with zero attached hydrogens (tertiary/aromatic N) is 4. The van der Waals surface area contributed by atoms with Crippen LogP contribution in [0, 0.1) is 0 Å². The molecule has 0 fully saturated rings. The average molecular weight is 377 g/mol. The van der Waals surface area contributed by atoms with E-state index in [1.54, 1.807) is 29.5 Å². The van der Waals surface area contributed by atoms with Gasteiger partial charge in [0.25, 0.3) is 0 Å². The average Bonchev–Trinajstić information content (AvgIpc) is 3.16. The topological polar surface area (TPSA) is 54.1 Å². The fourth-order valence-electron chi connectivity index (χ4n) is 2.25. The van der Waals surface area contributed by atoms with Crippen molar-refractivity contribution in [2.75, 3.05) is 0 Å². The van der Waals surface area contributed by atoms with Crippen LogP contribution in [0.1, 0.15) is 5.69 Å². The third kappa shape index (κ3) is 3.44. The van der Waals surface area contributed by atoms with Crippen molar-refractivity contribution < 1.29 is 18.3 Å². The first-order valence-electron chi connectivity index (χ1n) is 6.48. The van der Waals surface area contributed by atoms with Crippen LogP contribution >= 0.6 is 24.8 Å². The SMILES string of the molecule is Cl.Cl.FC1(F)Oc2ccc(-n3cnc(Cn4ccnc4)c3)cc2O1. The van der Waals surface area contributed by atoms with E-state index in [-0.39, 0.29) is 36.3 Å². The second kappa shape index (κ2) is 6.66. The normalized spacial score (nSPS) is 13.9. The fourth-order valence-corrected chi connectivity index (χ4v) is 2.25. The van der Waals surface area contributed by atoms with Crippen molar-refractivity contribution in [2.45, 2.75) is 12.8 Å². The number of hydrogen-bond acceptors (Lipinski definition) is 4. The molecule has 10 heteroatoms. The third-order valence-electron chi connectivity index (χ3n) is 3.22. The van der Waals surface area contributed by atoms with Crippen molar-refractivity contribution in [1.29, 1.82) is 0 Å². The molecule has 0 radical (unpaired) electrons. The number of rotatable bonds is 3. The number of imidazole rings is 2. The van der Waals surface area contributed by atoms with Crippen molar-refractivity contribution in [2.24, 2.45) is 0 Å². The zero-order chi connectivity index (χ0) is 15.2. The summed E-state index contributed by atoms with van der Waals surface area (Å²) in [6.45, 7) is 0.579. The number of benzene rings is 1. The predicted molar refractivity (Wildman–Crippen MR) is 85.6 cm³/mol. The molecule has 128 valence electrons. The highest BCUT2D eigenvalue weighted by Crippen LogP contribution is 2.41. The fraction of sp³-hybridized carbons (Fsp3) is 0.143. The van der Waals surface area contributed by atoms with Crippen LogP contribution in [-0.2, 0) is 6.54 Å². The van der Waals surface area contributed by atoms with Gasteiger partial charge in [0.05, 0.1) is 30.6 Å². The van der Waals surface area contributed by atoms with Gasteiger partial charge in [-0.3, -0.25) is 0 Å². The van der Waals surface area contributed by atoms with Gasteiger partial charge in [0.15, 0.2) is 11.5 Å². The van der Waals surface area contributed by atoms with Gasteiger partial charge in [-0.1, -0.05) is 0 Å². The van der Waals surface area contributed by atoms with Gasteiger partial charge in [-0.25, -0.2) is 9.97 Å². The summed E-state index contributed by atoms with van der Waals surface area (Å²) in [6, 6.07) is 4.59. The Kier molecular flexibility index (Phi) is 5.00. The molecule has 0 N–H and O–H groups in total. The third-order valence-corrected chi connectivity index (χ3v) is 3.22. The van der Waals surface area contributed by atoms with E-state index < -0.39 is 6.29 Å². The van der Waals surface area contributed by atoms with E-state index >= 15 is 0 Å². The van der Waals surface area contributed by atoms with E-state index in [0.717, 1.165) is 5.69 Å². The minimum Gasteiger partial charge on any atom is -0.395 e. The molecule has 1 aromatic carbocycles. The smallest absolute Gasteiger partial charge is 0.395 e. The Morgan fingerprint density at radius 3 is 2.62 bits per heavy atom. The molecule has 0 unspecified atom stereocenters. The highest BCUT2D eigenvalue weighted by Gasteiger charge is 2.43. The molecule has 0 amide bonds. The molecular formula is C14H12Cl2F2N4O2. The summed E-state index contributed by atoms with van der Waals surface area (Å²) in [5, 5.41) is 0. The van der Waals surface area contributed by atoms with Crippen LogP contribution in [0.3, 0.4) is 0 Å². The summed E-state index contributed by atoms with van der Waals surface area (Å²) in [5.74, 6) is 0.0277. The second-order valence-electron chi connectivity index (χ2n) is 4.81. The summed E-state index contributed by atoms with van der Waals surface area (Å²) in [4.78, 5) is 8.25. The zero-order valence-electron chi connectivity index (χ0n) is 12.0. The maximum atomic E-state index is 13.0. The minimum absolute atomic E-state index is 0. The first kappa shape index (κ1) is 18.0. The van der Waals surface area contributed by atoms with E-state index in [1.807, 2.05) is 17.0 Å². The summed E-state index contributed by atoms with van der Waals surface area (Å²) in [7, 11) is 0. The quantitative estimate of drug-likeness (QED) is 0.703. The molecule has 3 heterocycles. The van der Waals surface area contributed by atoms with Crippen LogP contribution in [0.2, 0.25) is 0 Å². The highest BCUT2D eigenvalue weighted by molar-refractivity contribution is 5.85. The zero-order valence-corrected chi connectivity index (χ0v) is 13.6. The number of hydrogen-bond donors (Lipinski definition) is 0. The van der Waals surface area contributed by atoms with Crippen molar-refractivity contribution in [1.82, 2.24) is 19.1 Å². The molecule has 4 rings (SSSR count). The number of alkyl halides is 2. The van der Waals surface area contributed by atoms with E-state index in [4.69, 9.17) is 0 Å². The summed E-state index contributed by atoms with van der Waals surface area (Å²) in [6.07, 6.45) is 5.04. The Morgan fingerprint density at radius 2 is 1.88 bits per heavy atom. The van der Waals surface area contributed by atoms with Gasteiger partial charge < -0.3 is 18.6 Å². The second-order valence-corrected chi connectivity index (χ2v) is 4.81. The lowest BCUT2D eigenvalue weighted by Crippen LogP contribution is -2.25.